The Labute approximate surface area is 116 Å². The van der Waals surface area contributed by atoms with Crippen molar-refractivity contribution in [3.05, 3.63) is 60.2 Å². The highest BCUT2D eigenvalue weighted by atomic mass is 16.5. The third-order valence-electron chi connectivity index (χ3n) is 2.58. The lowest BCUT2D eigenvalue weighted by Gasteiger charge is -2.07. The Hall–Kier alpha value is -2.82. The number of amides is 2. The number of ether oxygens (including phenoxy) is 1. The Morgan fingerprint density at radius 2 is 1.65 bits per heavy atom. The summed E-state index contributed by atoms with van der Waals surface area (Å²) in [7, 11) is 0. The SMILES string of the molecule is NC(=O)C(=O)Nc1ccc(OCc2ccccc2)cc1. The first-order valence-electron chi connectivity index (χ1n) is 6.03. The zero-order valence-corrected chi connectivity index (χ0v) is 10.7. The Morgan fingerprint density at radius 3 is 2.25 bits per heavy atom. The Bertz CT molecular complexity index is 594. The van der Waals surface area contributed by atoms with Crippen LogP contribution in [0.25, 0.3) is 0 Å². The molecule has 2 rings (SSSR count). The molecule has 0 saturated carbocycles. The molecule has 0 aliphatic carbocycles. The third-order valence-corrected chi connectivity index (χ3v) is 2.58. The molecule has 2 aromatic rings. The van der Waals surface area contributed by atoms with Crippen molar-refractivity contribution in [2.24, 2.45) is 5.73 Å². The van der Waals surface area contributed by atoms with Crippen LogP contribution in [0, 0.1) is 0 Å². The van der Waals surface area contributed by atoms with Gasteiger partial charge in [0.25, 0.3) is 0 Å². The average molecular weight is 270 g/mol. The molecule has 5 heteroatoms. The third kappa shape index (κ3) is 3.84. The van der Waals surface area contributed by atoms with Gasteiger partial charge in [-0.25, -0.2) is 0 Å². The van der Waals surface area contributed by atoms with Crippen LogP contribution in [0.3, 0.4) is 0 Å². The Morgan fingerprint density at radius 1 is 1.00 bits per heavy atom. The Kier molecular flexibility index (Phi) is 4.34. The maximum Gasteiger partial charge on any atom is 0.313 e. The van der Waals surface area contributed by atoms with E-state index < -0.39 is 11.8 Å². The first-order valence-corrected chi connectivity index (χ1v) is 6.03. The molecule has 0 radical (unpaired) electrons. The summed E-state index contributed by atoms with van der Waals surface area (Å²) < 4.78 is 5.60. The van der Waals surface area contributed by atoms with Gasteiger partial charge >= 0.3 is 11.8 Å². The quantitative estimate of drug-likeness (QED) is 0.829. The van der Waals surface area contributed by atoms with Gasteiger partial charge in [0, 0.05) is 5.69 Å². The van der Waals surface area contributed by atoms with Crippen LogP contribution < -0.4 is 15.8 Å². The second kappa shape index (κ2) is 6.38. The van der Waals surface area contributed by atoms with Gasteiger partial charge < -0.3 is 15.8 Å². The summed E-state index contributed by atoms with van der Waals surface area (Å²) in [6.45, 7) is 0.466. The van der Waals surface area contributed by atoms with E-state index in [1.807, 2.05) is 30.3 Å². The van der Waals surface area contributed by atoms with Crippen LogP contribution >= 0.6 is 0 Å². The maximum atomic E-state index is 11.1. The van der Waals surface area contributed by atoms with Crippen molar-refractivity contribution in [2.45, 2.75) is 6.61 Å². The van der Waals surface area contributed by atoms with Crippen molar-refractivity contribution in [2.75, 3.05) is 5.32 Å². The molecule has 2 aromatic carbocycles. The molecule has 3 N–H and O–H groups in total. The number of carbonyl (C=O) groups is 2. The minimum Gasteiger partial charge on any atom is -0.489 e. The molecule has 0 aromatic heterocycles. The van der Waals surface area contributed by atoms with E-state index in [4.69, 9.17) is 10.5 Å². The van der Waals surface area contributed by atoms with Gasteiger partial charge in [0.1, 0.15) is 12.4 Å². The van der Waals surface area contributed by atoms with Gasteiger partial charge in [0.05, 0.1) is 0 Å². The molecule has 0 fully saturated rings. The summed E-state index contributed by atoms with van der Waals surface area (Å²) in [6.07, 6.45) is 0. The van der Waals surface area contributed by atoms with Crippen molar-refractivity contribution in [1.29, 1.82) is 0 Å². The first-order chi connectivity index (χ1) is 9.65. The van der Waals surface area contributed by atoms with Crippen molar-refractivity contribution in [1.82, 2.24) is 0 Å². The maximum absolute atomic E-state index is 11.1. The predicted octanol–water partition coefficient (Wildman–Crippen LogP) is 1.69. The molecule has 0 aliphatic heterocycles. The standard InChI is InChI=1S/C15H14N2O3/c16-14(18)15(19)17-12-6-8-13(9-7-12)20-10-11-4-2-1-3-5-11/h1-9H,10H2,(H2,16,18)(H,17,19). The largest absolute Gasteiger partial charge is 0.489 e. The summed E-state index contributed by atoms with van der Waals surface area (Å²) in [4.78, 5) is 21.7. The smallest absolute Gasteiger partial charge is 0.313 e. The summed E-state index contributed by atoms with van der Waals surface area (Å²) in [5, 5.41) is 2.37. The van der Waals surface area contributed by atoms with Crippen LogP contribution in [0.4, 0.5) is 5.69 Å². The highest BCUT2D eigenvalue weighted by Crippen LogP contribution is 2.17. The lowest BCUT2D eigenvalue weighted by molar-refractivity contribution is -0.134. The van der Waals surface area contributed by atoms with Crippen LogP contribution in [0.5, 0.6) is 5.75 Å². The van der Waals surface area contributed by atoms with E-state index in [-0.39, 0.29) is 0 Å². The number of primary amides is 1. The lowest BCUT2D eigenvalue weighted by atomic mass is 10.2. The van der Waals surface area contributed by atoms with Crippen LogP contribution in [0.2, 0.25) is 0 Å². The predicted molar refractivity (Wildman–Crippen MR) is 75.0 cm³/mol. The fourth-order valence-corrected chi connectivity index (χ4v) is 1.57. The molecule has 5 nitrogen and oxygen atoms in total. The number of rotatable bonds is 4. The molecule has 2 amide bonds. The second-order valence-electron chi connectivity index (χ2n) is 4.12. The molecule has 0 heterocycles. The number of benzene rings is 2. The number of carbonyl (C=O) groups excluding carboxylic acids is 2. The van der Waals surface area contributed by atoms with Crippen molar-refractivity contribution >= 4 is 17.5 Å². The second-order valence-corrected chi connectivity index (χ2v) is 4.12. The van der Waals surface area contributed by atoms with Crippen molar-refractivity contribution in [3.8, 4) is 5.75 Å². The molecule has 0 unspecified atom stereocenters. The fourth-order valence-electron chi connectivity index (χ4n) is 1.57. The van der Waals surface area contributed by atoms with Crippen molar-refractivity contribution < 1.29 is 14.3 Å². The number of anilines is 1. The molecular weight excluding hydrogens is 256 g/mol. The molecule has 0 atom stereocenters. The topological polar surface area (TPSA) is 81.4 Å². The summed E-state index contributed by atoms with van der Waals surface area (Å²) >= 11 is 0. The summed E-state index contributed by atoms with van der Waals surface area (Å²) in [5.74, 6) is -1.19. The summed E-state index contributed by atoms with van der Waals surface area (Å²) in [6, 6.07) is 16.5. The monoisotopic (exact) mass is 270 g/mol. The van der Waals surface area contributed by atoms with Gasteiger partial charge in [0.15, 0.2) is 0 Å². The fraction of sp³-hybridized carbons (Fsp3) is 0.0667. The van der Waals surface area contributed by atoms with Crippen LogP contribution in [0.1, 0.15) is 5.56 Å². The average Bonchev–Trinajstić information content (AvgIpc) is 2.47. The van der Waals surface area contributed by atoms with E-state index in [9.17, 15) is 9.59 Å². The van der Waals surface area contributed by atoms with Crippen molar-refractivity contribution in [3.63, 3.8) is 0 Å². The minimum atomic E-state index is -1.02. The number of hydrogen-bond acceptors (Lipinski definition) is 3. The molecule has 102 valence electrons. The minimum absolute atomic E-state index is 0.466. The van der Waals surface area contributed by atoms with Gasteiger partial charge in [-0.3, -0.25) is 9.59 Å². The lowest BCUT2D eigenvalue weighted by Crippen LogP contribution is -2.29. The highest BCUT2D eigenvalue weighted by molar-refractivity contribution is 6.39. The molecule has 20 heavy (non-hydrogen) atoms. The van der Waals surface area contributed by atoms with Gasteiger partial charge in [-0.1, -0.05) is 30.3 Å². The van der Waals surface area contributed by atoms with Crippen LogP contribution in [0.15, 0.2) is 54.6 Å². The van der Waals surface area contributed by atoms with E-state index in [1.165, 1.54) is 0 Å². The van der Waals surface area contributed by atoms with Gasteiger partial charge in [-0.2, -0.15) is 0 Å². The molecule has 0 spiro atoms. The number of nitrogens with one attached hydrogen (secondary N) is 1. The summed E-state index contributed by atoms with van der Waals surface area (Å²) in [5.41, 5.74) is 6.41. The highest BCUT2D eigenvalue weighted by Gasteiger charge is 2.08. The van der Waals surface area contributed by atoms with Crippen LogP contribution in [-0.4, -0.2) is 11.8 Å². The van der Waals surface area contributed by atoms with Gasteiger partial charge in [-0.15, -0.1) is 0 Å². The van der Waals surface area contributed by atoms with Crippen LogP contribution in [-0.2, 0) is 16.2 Å². The first kappa shape index (κ1) is 13.6. The van der Waals surface area contributed by atoms with E-state index >= 15 is 0 Å². The zero-order chi connectivity index (χ0) is 14.4. The number of hydrogen-bond donors (Lipinski definition) is 2. The van der Waals surface area contributed by atoms with E-state index in [0.29, 0.717) is 18.0 Å². The zero-order valence-electron chi connectivity index (χ0n) is 10.7. The van der Waals surface area contributed by atoms with E-state index in [2.05, 4.69) is 5.32 Å². The molecular formula is C15H14N2O3. The molecule has 0 bridgehead atoms. The molecule has 0 saturated heterocycles. The number of nitrogens with two attached hydrogens (primary N) is 1. The van der Waals surface area contributed by atoms with E-state index in [1.54, 1.807) is 24.3 Å². The van der Waals surface area contributed by atoms with E-state index in [0.717, 1.165) is 5.56 Å². The van der Waals surface area contributed by atoms with Gasteiger partial charge in [-0.05, 0) is 29.8 Å². The van der Waals surface area contributed by atoms with Gasteiger partial charge in [0.2, 0.25) is 0 Å². The molecule has 0 aliphatic rings. The Balaban J connectivity index is 1.91. The normalized spacial score (nSPS) is 9.80.